The van der Waals surface area contributed by atoms with Crippen LogP contribution in [0.15, 0.2) is 75.6 Å². The number of anilines is 1. The van der Waals surface area contributed by atoms with Gasteiger partial charge in [0, 0.05) is 74.0 Å². The molecule has 0 unspecified atom stereocenters. The Kier molecular flexibility index (Phi) is 8.22. The molecule has 1 aromatic rings. The number of benzene rings is 1. The van der Waals surface area contributed by atoms with E-state index in [2.05, 4.69) is 99.2 Å². The van der Waals surface area contributed by atoms with Gasteiger partial charge in [-0.15, -0.1) is 0 Å². The number of hydrogen-bond acceptors (Lipinski definition) is 5. The maximum absolute atomic E-state index is 6.26. The lowest BCUT2D eigenvalue weighted by atomic mass is 10.00. The van der Waals surface area contributed by atoms with Crippen molar-refractivity contribution in [3.63, 3.8) is 0 Å². The van der Waals surface area contributed by atoms with Crippen LogP contribution in [0.2, 0.25) is 0 Å². The smallest absolute Gasteiger partial charge is 0.142 e. The van der Waals surface area contributed by atoms with Crippen LogP contribution in [-0.4, -0.2) is 68.4 Å². The Bertz CT molecular complexity index is 963. The Labute approximate surface area is 213 Å². The molecule has 1 aliphatic carbocycles. The summed E-state index contributed by atoms with van der Waals surface area (Å²) in [4.78, 5) is 7.52. The molecule has 1 N–H and O–H groups in total. The highest BCUT2D eigenvalue weighted by molar-refractivity contribution is 9.10. The van der Waals surface area contributed by atoms with Crippen LogP contribution in [0.1, 0.15) is 33.6 Å². The van der Waals surface area contributed by atoms with Gasteiger partial charge in [0.1, 0.15) is 12.5 Å². The van der Waals surface area contributed by atoms with E-state index < -0.39 is 0 Å². The van der Waals surface area contributed by atoms with Gasteiger partial charge in [-0.05, 0) is 81.0 Å². The highest BCUT2D eigenvalue weighted by Crippen LogP contribution is 2.33. The van der Waals surface area contributed by atoms with E-state index in [1.165, 1.54) is 28.2 Å². The molecule has 5 nitrogen and oxygen atoms in total. The Morgan fingerprint density at radius 1 is 1.06 bits per heavy atom. The van der Waals surface area contributed by atoms with E-state index in [-0.39, 0.29) is 5.54 Å². The largest absolute Gasteiger partial charge is 0.482 e. The molecule has 1 fully saturated rings. The minimum absolute atomic E-state index is 0.0936. The number of halogens is 1. The topological polar surface area (TPSA) is 31.0 Å². The first kappa shape index (κ1) is 25.1. The number of nitrogens with one attached hydrogen (secondary N) is 1. The van der Waals surface area contributed by atoms with E-state index in [1.807, 2.05) is 13.2 Å². The van der Waals surface area contributed by atoms with Gasteiger partial charge in [-0.2, -0.15) is 0 Å². The molecule has 3 aliphatic rings. The molecule has 34 heavy (non-hydrogen) atoms. The van der Waals surface area contributed by atoms with Crippen molar-refractivity contribution in [1.82, 2.24) is 15.1 Å². The second-order valence-corrected chi connectivity index (χ2v) is 11.3. The molecule has 2 heterocycles. The lowest BCUT2D eigenvalue weighted by Gasteiger charge is -2.39. The fraction of sp³-hybridized carbons (Fsp3) is 0.500. The van der Waals surface area contributed by atoms with E-state index in [1.54, 1.807) is 0 Å². The maximum atomic E-state index is 6.26. The standard InChI is InChI=1S/C28H39BrN4O/c1-28(2,3)33-20-24-18-23(22(6-5-13-30-4)7-12-27(24)34-21-33)19-31-14-16-32(17-15-31)26-10-8-25(29)9-11-26/h5-6,8-11,13,18,30H,7,12,14-17,19-21H2,1-4H3/b13-5-,22-6+. The molecule has 0 saturated carbocycles. The summed E-state index contributed by atoms with van der Waals surface area (Å²) in [6.07, 6.45) is 10.8. The molecule has 4 rings (SSSR count). The van der Waals surface area contributed by atoms with Crippen molar-refractivity contribution in [2.75, 3.05) is 57.9 Å². The van der Waals surface area contributed by atoms with E-state index >= 15 is 0 Å². The Hall–Kier alpha value is -2.02. The zero-order valence-electron chi connectivity index (χ0n) is 21.1. The highest BCUT2D eigenvalue weighted by atomic mass is 79.9. The molecule has 2 aliphatic heterocycles. The second kappa shape index (κ2) is 11.1. The normalized spacial score (nSPS) is 22.0. The summed E-state index contributed by atoms with van der Waals surface area (Å²) in [5, 5.41) is 3.11. The predicted molar refractivity (Wildman–Crippen MR) is 146 cm³/mol. The average molecular weight is 528 g/mol. The van der Waals surface area contributed by atoms with Crippen molar-refractivity contribution < 1.29 is 4.74 Å². The molecule has 0 radical (unpaired) electrons. The summed E-state index contributed by atoms with van der Waals surface area (Å²) < 4.78 is 7.40. The summed E-state index contributed by atoms with van der Waals surface area (Å²) in [7, 11) is 1.94. The molecule has 6 heteroatoms. The van der Waals surface area contributed by atoms with E-state index in [9.17, 15) is 0 Å². The maximum Gasteiger partial charge on any atom is 0.142 e. The Morgan fingerprint density at radius 2 is 1.79 bits per heavy atom. The molecule has 184 valence electrons. The molecule has 0 amide bonds. The first-order valence-corrected chi connectivity index (χ1v) is 13.2. The van der Waals surface area contributed by atoms with Gasteiger partial charge in [0.2, 0.25) is 0 Å². The van der Waals surface area contributed by atoms with Crippen LogP contribution in [0.3, 0.4) is 0 Å². The summed E-state index contributed by atoms with van der Waals surface area (Å²) in [6.45, 7) is 13.7. The van der Waals surface area contributed by atoms with Gasteiger partial charge < -0.3 is 15.0 Å². The lowest BCUT2D eigenvalue weighted by molar-refractivity contribution is -0.00112. The fourth-order valence-corrected chi connectivity index (χ4v) is 5.01. The SMILES string of the molecule is CN/C=C\C=C1/CCC2=C(C=C1CN1CCN(c3ccc(Br)cc3)CC1)CN(C(C)(C)C)CO2. The van der Waals surface area contributed by atoms with E-state index in [0.717, 1.165) is 56.6 Å². The number of nitrogens with zero attached hydrogens (tertiary/aromatic N) is 3. The highest BCUT2D eigenvalue weighted by Gasteiger charge is 2.29. The Morgan fingerprint density at radius 3 is 2.47 bits per heavy atom. The van der Waals surface area contributed by atoms with Gasteiger partial charge in [0.05, 0.1) is 0 Å². The first-order valence-electron chi connectivity index (χ1n) is 12.4. The van der Waals surface area contributed by atoms with Crippen LogP contribution < -0.4 is 10.2 Å². The third-order valence-corrected chi connectivity index (χ3v) is 7.49. The molecule has 0 aromatic heterocycles. The van der Waals surface area contributed by atoms with Crippen LogP contribution in [0.25, 0.3) is 0 Å². The fourth-order valence-electron chi connectivity index (χ4n) is 4.74. The van der Waals surface area contributed by atoms with Gasteiger partial charge in [-0.3, -0.25) is 9.80 Å². The molecule has 0 spiro atoms. The predicted octanol–water partition coefficient (Wildman–Crippen LogP) is 5.29. The van der Waals surface area contributed by atoms with Gasteiger partial charge >= 0.3 is 0 Å². The molecule has 1 saturated heterocycles. The number of ether oxygens (including phenoxy) is 1. The molecule has 0 atom stereocenters. The quantitative estimate of drug-likeness (QED) is 0.562. The van der Waals surface area contributed by atoms with Gasteiger partial charge in [0.25, 0.3) is 0 Å². The van der Waals surface area contributed by atoms with E-state index in [4.69, 9.17) is 4.74 Å². The summed E-state index contributed by atoms with van der Waals surface area (Å²) >= 11 is 3.54. The van der Waals surface area contributed by atoms with Crippen molar-refractivity contribution in [1.29, 1.82) is 0 Å². The second-order valence-electron chi connectivity index (χ2n) is 10.3. The lowest BCUT2D eigenvalue weighted by Crippen LogP contribution is -2.47. The molecule has 1 aromatic carbocycles. The number of hydrogen-bond donors (Lipinski definition) is 1. The minimum atomic E-state index is 0.0936. The van der Waals surface area contributed by atoms with Gasteiger partial charge in [-0.25, -0.2) is 0 Å². The zero-order valence-corrected chi connectivity index (χ0v) is 22.7. The van der Waals surface area contributed by atoms with Crippen LogP contribution in [0.4, 0.5) is 5.69 Å². The van der Waals surface area contributed by atoms with Crippen molar-refractivity contribution in [3.05, 3.63) is 75.6 Å². The first-order chi connectivity index (χ1) is 16.3. The average Bonchev–Trinajstić information content (AvgIpc) is 2.98. The third-order valence-electron chi connectivity index (χ3n) is 6.96. The minimum Gasteiger partial charge on any atom is -0.482 e. The van der Waals surface area contributed by atoms with E-state index in [0.29, 0.717) is 6.73 Å². The van der Waals surface area contributed by atoms with Crippen molar-refractivity contribution in [2.45, 2.75) is 39.2 Å². The third kappa shape index (κ3) is 6.35. The van der Waals surface area contributed by atoms with Crippen LogP contribution in [0, 0.1) is 0 Å². The summed E-state index contributed by atoms with van der Waals surface area (Å²) in [5.74, 6) is 1.18. The molecule has 0 bridgehead atoms. The van der Waals surface area contributed by atoms with Crippen LogP contribution in [0.5, 0.6) is 0 Å². The monoisotopic (exact) mass is 526 g/mol. The van der Waals surface area contributed by atoms with Crippen molar-refractivity contribution in [2.24, 2.45) is 0 Å². The van der Waals surface area contributed by atoms with Crippen molar-refractivity contribution >= 4 is 21.6 Å². The summed E-state index contributed by atoms with van der Waals surface area (Å²) in [5.41, 5.74) is 5.61. The molecular formula is C28H39BrN4O. The number of piperazine rings is 1. The van der Waals surface area contributed by atoms with Crippen LogP contribution >= 0.6 is 15.9 Å². The van der Waals surface area contributed by atoms with Gasteiger partial charge in [-0.1, -0.05) is 22.0 Å². The number of allylic oxidation sites excluding steroid dienone is 3. The number of rotatable bonds is 5. The van der Waals surface area contributed by atoms with Gasteiger partial charge in [0.15, 0.2) is 0 Å². The summed E-state index contributed by atoms with van der Waals surface area (Å²) in [6, 6.07) is 8.68. The Balaban J connectivity index is 1.49. The van der Waals surface area contributed by atoms with Crippen molar-refractivity contribution in [3.8, 4) is 0 Å². The zero-order chi connectivity index (χ0) is 24.1. The molecular weight excluding hydrogens is 488 g/mol. The van der Waals surface area contributed by atoms with Crippen LogP contribution in [-0.2, 0) is 4.74 Å².